The van der Waals surface area contributed by atoms with E-state index >= 15 is 0 Å². The van der Waals surface area contributed by atoms with Crippen LogP contribution in [0.5, 0.6) is 5.75 Å². The molecule has 0 aliphatic carbocycles. The average molecular weight is 261 g/mol. The van der Waals surface area contributed by atoms with Crippen molar-refractivity contribution >= 4 is 27.5 Å². The molecule has 0 N–H and O–H groups in total. The van der Waals surface area contributed by atoms with Crippen molar-refractivity contribution in [3.8, 4) is 11.8 Å². The molecule has 0 bridgehead atoms. The molecule has 0 aliphatic heterocycles. The summed E-state index contributed by atoms with van der Waals surface area (Å²) in [6, 6.07) is 5.40. The maximum Gasteiger partial charge on any atom is 0.140 e. The summed E-state index contributed by atoms with van der Waals surface area (Å²) in [7, 11) is 1.54. The van der Waals surface area contributed by atoms with E-state index in [0.29, 0.717) is 21.7 Å². The monoisotopic (exact) mass is 259 g/mol. The second-order valence-electron chi connectivity index (χ2n) is 2.39. The minimum absolute atomic E-state index is 0.462. The van der Waals surface area contributed by atoms with Gasteiger partial charge in [-0.15, -0.1) is 0 Å². The van der Waals surface area contributed by atoms with Gasteiger partial charge in [0.25, 0.3) is 0 Å². The number of halogens is 2. The maximum atomic E-state index is 8.79. The Bertz CT molecular complexity index is 359. The lowest BCUT2D eigenvalue weighted by Crippen LogP contribution is -1.93. The molecule has 0 aliphatic rings. The lowest BCUT2D eigenvalue weighted by molar-refractivity contribution is 0.410. The molecule has 4 heteroatoms. The highest BCUT2D eigenvalue weighted by atomic mass is 79.9. The predicted molar refractivity (Wildman–Crippen MR) is 55.4 cm³/mol. The van der Waals surface area contributed by atoms with Gasteiger partial charge in [-0.25, -0.2) is 0 Å². The van der Waals surface area contributed by atoms with Crippen LogP contribution in [0, 0.1) is 11.3 Å². The van der Waals surface area contributed by atoms with Gasteiger partial charge in [0.05, 0.1) is 12.7 Å². The van der Waals surface area contributed by atoms with Crippen LogP contribution in [0.3, 0.4) is 0 Å². The van der Waals surface area contributed by atoms with Crippen LogP contribution in [0.25, 0.3) is 0 Å². The molecule has 0 saturated carbocycles. The molecule has 0 atom stereocenters. The van der Waals surface area contributed by atoms with Gasteiger partial charge in [0.1, 0.15) is 11.8 Å². The fourth-order valence-corrected chi connectivity index (χ4v) is 1.73. The highest BCUT2D eigenvalue weighted by Gasteiger charge is 2.09. The number of hydrogen-bond donors (Lipinski definition) is 0. The quantitative estimate of drug-likeness (QED) is 0.766. The van der Waals surface area contributed by atoms with Gasteiger partial charge in [0.2, 0.25) is 0 Å². The third-order valence-electron chi connectivity index (χ3n) is 1.60. The first kappa shape index (κ1) is 10.4. The summed E-state index contributed by atoms with van der Waals surface area (Å²) in [5.41, 5.74) is 1.34. The number of alkyl halides is 1. The number of ether oxygens (including phenoxy) is 1. The van der Waals surface area contributed by atoms with Crippen LogP contribution in [-0.4, -0.2) is 7.11 Å². The van der Waals surface area contributed by atoms with Crippen LogP contribution < -0.4 is 4.74 Å². The smallest absolute Gasteiger partial charge is 0.140 e. The zero-order valence-electron chi connectivity index (χ0n) is 6.97. The zero-order chi connectivity index (χ0) is 9.84. The van der Waals surface area contributed by atoms with Crippen molar-refractivity contribution in [2.45, 2.75) is 5.33 Å². The van der Waals surface area contributed by atoms with Gasteiger partial charge in [-0.1, -0.05) is 27.5 Å². The molecule has 2 nitrogen and oxygen atoms in total. The molecular weight excluding hydrogens is 253 g/mol. The molecule has 0 unspecified atom stereocenters. The number of hydrogen-bond acceptors (Lipinski definition) is 2. The molecule has 1 aromatic rings. The van der Waals surface area contributed by atoms with Gasteiger partial charge >= 0.3 is 0 Å². The van der Waals surface area contributed by atoms with E-state index in [4.69, 9.17) is 21.6 Å². The Labute approximate surface area is 90.2 Å². The zero-order valence-corrected chi connectivity index (χ0v) is 9.32. The molecule has 1 rings (SSSR count). The second kappa shape index (κ2) is 4.50. The summed E-state index contributed by atoms with van der Waals surface area (Å²) in [5.74, 6) is 0.587. The molecule has 0 aromatic heterocycles. The van der Waals surface area contributed by atoms with E-state index in [2.05, 4.69) is 15.9 Å². The van der Waals surface area contributed by atoms with E-state index in [0.717, 1.165) is 5.56 Å². The second-order valence-corrected chi connectivity index (χ2v) is 3.39. The topological polar surface area (TPSA) is 33.0 Å². The maximum absolute atomic E-state index is 8.79. The molecule has 0 amide bonds. The summed E-state index contributed by atoms with van der Waals surface area (Å²) in [6.07, 6.45) is 0. The molecule has 0 fully saturated rings. The van der Waals surface area contributed by atoms with Gasteiger partial charge in [-0.2, -0.15) is 5.26 Å². The van der Waals surface area contributed by atoms with E-state index in [-0.39, 0.29) is 0 Å². The van der Waals surface area contributed by atoms with Crippen molar-refractivity contribution in [1.29, 1.82) is 5.26 Å². The Morgan fingerprint density at radius 3 is 2.77 bits per heavy atom. The van der Waals surface area contributed by atoms with Gasteiger partial charge in [-0.3, -0.25) is 0 Å². The van der Waals surface area contributed by atoms with Gasteiger partial charge in [0.15, 0.2) is 0 Å². The molecule has 1 aromatic carbocycles. The standard InChI is InChI=1S/C9H7BrClNO/c1-13-9-6(4-10)2-8(11)3-7(9)5-12/h2-3H,4H2,1H3. The average Bonchev–Trinajstić information content (AvgIpc) is 2.16. The molecule has 68 valence electrons. The van der Waals surface area contributed by atoms with Crippen molar-refractivity contribution in [2.75, 3.05) is 7.11 Å². The third kappa shape index (κ3) is 2.15. The first-order valence-corrected chi connectivity index (χ1v) is 5.05. The lowest BCUT2D eigenvalue weighted by atomic mass is 10.1. The number of nitriles is 1. The number of rotatable bonds is 2. The van der Waals surface area contributed by atoms with E-state index in [1.165, 1.54) is 7.11 Å². The highest BCUT2D eigenvalue weighted by Crippen LogP contribution is 2.29. The fraction of sp³-hybridized carbons (Fsp3) is 0.222. The van der Waals surface area contributed by atoms with Crippen molar-refractivity contribution < 1.29 is 4.74 Å². The fourth-order valence-electron chi connectivity index (χ4n) is 1.07. The van der Waals surface area contributed by atoms with E-state index in [9.17, 15) is 0 Å². The first-order chi connectivity index (χ1) is 6.22. The van der Waals surface area contributed by atoms with Crippen LogP contribution in [0.4, 0.5) is 0 Å². The van der Waals surface area contributed by atoms with E-state index < -0.39 is 0 Å². The Morgan fingerprint density at radius 1 is 1.62 bits per heavy atom. The molecule has 0 radical (unpaired) electrons. The number of nitrogens with zero attached hydrogens (tertiary/aromatic N) is 1. The summed E-state index contributed by atoms with van der Waals surface area (Å²) < 4.78 is 5.10. The number of benzene rings is 1. The lowest BCUT2D eigenvalue weighted by Gasteiger charge is -2.07. The van der Waals surface area contributed by atoms with E-state index in [1.807, 2.05) is 6.07 Å². The van der Waals surface area contributed by atoms with Crippen LogP contribution in [0.15, 0.2) is 12.1 Å². The Kier molecular flexibility index (Phi) is 3.58. The van der Waals surface area contributed by atoms with Crippen LogP contribution in [0.1, 0.15) is 11.1 Å². The summed E-state index contributed by atoms with van der Waals surface area (Å²) in [6.45, 7) is 0. The van der Waals surface area contributed by atoms with Crippen LogP contribution in [0.2, 0.25) is 5.02 Å². The largest absolute Gasteiger partial charge is 0.495 e. The van der Waals surface area contributed by atoms with Crippen molar-refractivity contribution in [3.63, 3.8) is 0 Å². The van der Waals surface area contributed by atoms with Gasteiger partial charge < -0.3 is 4.74 Å². The third-order valence-corrected chi connectivity index (χ3v) is 2.42. The van der Waals surface area contributed by atoms with E-state index in [1.54, 1.807) is 12.1 Å². The Morgan fingerprint density at radius 2 is 2.31 bits per heavy atom. The molecule has 0 heterocycles. The number of methoxy groups -OCH3 is 1. The predicted octanol–water partition coefficient (Wildman–Crippen LogP) is 3.12. The summed E-state index contributed by atoms with van der Waals surface area (Å²) in [5, 5.41) is 9.95. The molecule has 0 saturated heterocycles. The first-order valence-electron chi connectivity index (χ1n) is 3.55. The normalized spacial score (nSPS) is 9.38. The van der Waals surface area contributed by atoms with Crippen LogP contribution >= 0.6 is 27.5 Å². The van der Waals surface area contributed by atoms with Crippen molar-refractivity contribution in [1.82, 2.24) is 0 Å². The van der Waals surface area contributed by atoms with Gasteiger partial charge in [0, 0.05) is 15.9 Å². The van der Waals surface area contributed by atoms with Gasteiger partial charge in [-0.05, 0) is 12.1 Å². The minimum atomic E-state index is 0.462. The minimum Gasteiger partial charge on any atom is -0.495 e. The van der Waals surface area contributed by atoms with Crippen molar-refractivity contribution in [3.05, 3.63) is 28.3 Å². The SMILES string of the molecule is COc1c(C#N)cc(Cl)cc1CBr. The highest BCUT2D eigenvalue weighted by molar-refractivity contribution is 9.08. The molecule has 0 spiro atoms. The Hall–Kier alpha value is -0.720. The molecular formula is C9H7BrClNO. The van der Waals surface area contributed by atoms with Crippen molar-refractivity contribution in [2.24, 2.45) is 0 Å². The summed E-state index contributed by atoms with van der Waals surface area (Å²) >= 11 is 9.11. The Balaban J connectivity index is 3.36. The molecule has 13 heavy (non-hydrogen) atoms. The summed E-state index contributed by atoms with van der Waals surface area (Å²) in [4.78, 5) is 0. The van der Waals surface area contributed by atoms with Crippen LogP contribution in [-0.2, 0) is 5.33 Å².